The predicted molar refractivity (Wildman–Crippen MR) is 74.3 cm³/mol. The molecular weight excluding hydrogens is 282 g/mol. The average molecular weight is 290 g/mol. The van der Waals surface area contributed by atoms with Crippen LogP contribution in [0.3, 0.4) is 0 Å². The average Bonchev–Trinajstić information content (AvgIpc) is 3.04. The number of hydrogen-bond donors (Lipinski definition) is 0. The largest absolute Gasteiger partial charge is 0.433 e. The summed E-state index contributed by atoms with van der Waals surface area (Å²) in [5, 5.41) is 10.9. The summed E-state index contributed by atoms with van der Waals surface area (Å²) in [5.41, 5.74) is 1.33. The minimum atomic E-state index is -0.601. The van der Waals surface area contributed by atoms with Gasteiger partial charge in [-0.05, 0) is 18.2 Å². The van der Waals surface area contributed by atoms with Gasteiger partial charge in [-0.3, -0.25) is 10.1 Å². The number of rotatable bonds is 3. The van der Waals surface area contributed by atoms with E-state index in [0.29, 0.717) is 16.5 Å². The molecule has 0 N–H and O–H groups in total. The summed E-state index contributed by atoms with van der Waals surface area (Å²) in [5.74, 6) is -0.0190. The minimum absolute atomic E-state index is 0.304. The molecule has 0 radical (unpaired) electrons. The van der Waals surface area contributed by atoms with E-state index in [9.17, 15) is 10.1 Å². The fourth-order valence-corrected chi connectivity index (χ4v) is 1.97. The second-order valence-electron chi connectivity index (χ2n) is 4.02. The van der Waals surface area contributed by atoms with Crippen LogP contribution in [0.1, 0.15) is 11.5 Å². The third kappa shape index (κ3) is 2.28. The first-order chi connectivity index (χ1) is 9.63. The van der Waals surface area contributed by atoms with E-state index >= 15 is 0 Å². The van der Waals surface area contributed by atoms with E-state index < -0.39 is 4.92 Å². The van der Waals surface area contributed by atoms with Crippen LogP contribution in [0.15, 0.2) is 47.1 Å². The smallest absolute Gasteiger partial charge is 0.401 e. The van der Waals surface area contributed by atoms with E-state index in [4.69, 9.17) is 16.0 Å². The Bertz CT molecular complexity index is 786. The Kier molecular flexibility index (Phi) is 3.00. The molecule has 3 rings (SSSR count). The van der Waals surface area contributed by atoms with Crippen LogP contribution in [-0.4, -0.2) is 14.3 Å². The molecule has 100 valence electrons. The van der Waals surface area contributed by atoms with Crippen LogP contribution in [-0.2, 0) is 0 Å². The standard InChI is InChI=1S/C13H8ClN3O3/c14-10(7-9-4-5-13(20-9)17(18)19)11-8-16-6-2-1-3-12(16)15-11/h1-8H/b10-7+. The van der Waals surface area contributed by atoms with Gasteiger partial charge in [-0.25, -0.2) is 4.98 Å². The van der Waals surface area contributed by atoms with Gasteiger partial charge in [0.15, 0.2) is 0 Å². The second kappa shape index (κ2) is 4.82. The number of aromatic nitrogens is 2. The van der Waals surface area contributed by atoms with Crippen molar-refractivity contribution in [3.05, 3.63) is 64.3 Å². The topological polar surface area (TPSA) is 73.6 Å². The lowest BCUT2D eigenvalue weighted by Crippen LogP contribution is -1.82. The molecule has 0 saturated heterocycles. The molecule has 0 amide bonds. The Balaban J connectivity index is 1.95. The Morgan fingerprint density at radius 1 is 1.40 bits per heavy atom. The number of fused-ring (bicyclic) bond motifs is 1. The van der Waals surface area contributed by atoms with Gasteiger partial charge in [-0.2, -0.15) is 0 Å². The molecular formula is C13H8ClN3O3. The van der Waals surface area contributed by atoms with Gasteiger partial charge >= 0.3 is 5.88 Å². The Labute approximate surface area is 118 Å². The minimum Gasteiger partial charge on any atom is -0.401 e. The predicted octanol–water partition coefficient (Wildman–Crippen LogP) is 3.57. The van der Waals surface area contributed by atoms with Crippen molar-refractivity contribution in [1.82, 2.24) is 9.38 Å². The Morgan fingerprint density at radius 2 is 2.25 bits per heavy atom. The van der Waals surface area contributed by atoms with Gasteiger partial charge in [0.05, 0.1) is 11.1 Å². The highest BCUT2D eigenvalue weighted by atomic mass is 35.5. The number of imidazole rings is 1. The molecule has 0 saturated carbocycles. The summed E-state index contributed by atoms with van der Waals surface area (Å²) >= 11 is 6.16. The quantitative estimate of drug-likeness (QED) is 0.546. The van der Waals surface area contributed by atoms with E-state index in [2.05, 4.69) is 4.98 Å². The molecule has 0 aliphatic heterocycles. The van der Waals surface area contributed by atoms with Crippen LogP contribution >= 0.6 is 11.6 Å². The van der Waals surface area contributed by atoms with Crippen molar-refractivity contribution in [2.75, 3.05) is 0 Å². The maximum atomic E-state index is 10.5. The van der Waals surface area contributed by atoms with Gasteiger partial charge in [0.2, 0.25) is 0 Å². The SMILES string of the molecule is O=[N+]([O-])c1ccc(/C=C(/Cl)c2cn3ccccc3n2)o1. The third-order valence-electron chi connectivity index (χ3n) is 2.67. The Hall–Kier alpha value is -2.60. The van der Waals surface area contributed by atoms with Crippen molar-refractivity contribution in [3.8, 4) is 0 Å². The van der Waals surface area contributed by atoms with Crippen LogP contribution in [0.4, 0.5) is 5.88 Å². The van der Waals surface area contributed by atoms with Crippen molar-refractivity contribution in [2.24, 2.45) is 0 Å². The van der Waals surface area contributed by atoms with Crippen LogP contribution in [0, 0.1) is 10.1 Å². The van der Waals surface area contributed by atoms with Gasteiger partial charge in [0.25, 0.3) is 0 Å². The van der Waals surface area contributed by atoms with E-state index in [1.165, 1.54) is 18.2 Å². The molecule has 0 atom stereocenters. The van der Waals surface area contributed by atoms with Gasteiger partial charge in [-0.15, -0.1) is 0 Å². The fourth-order valence-electron chi connectivity index (χ4n) is 1.77. The highest BCUT2D eigenvalue weighted by Crippen LogP contribution is 2.24. The zero-order valence-corrected chi connectivity index (χ0v) is 10.8. The van der Waals surface area contributed by atoms with Crippen molar-refractivity contribution >= 4 is 34.2 Å². The summed E-state index contributed by atoms with van der Waals surface area (Å²) in [6.45, 7) is 0. The zero-order chi connectivity index (χ0) is 14.1. The van der Waals surface area contributed by atoms with E-state index in [-0.39, 0.29) is 5.88 Å². The zero-order valence-electron chi connectivity index (χ0n) is 10.1. The number of furan rings is 1. The summed E-state index contributed by atoms with van der Waals surface area (Å²) in [6, 6.07) is 8.37. The monoisotopic (exact) mass is 289 g/mol. The highest BCUT2D eigenvalue weighted by molar-refractivity contribution is 6.51. The van der Waals surface area contributed by atoms with Crippen LogP contribution in [0.5, 0.6) is 0 Å². The lowest BCUT2D eigenvalue weighted by Gasteiger charge is -1.90. The molecule has 3 aromatic heterocycles. The van der Waals surface area contributed by atoms with Gasteiger partial charge in [-0.1, -0.05) is 17.7 Å². The maximum Gasteiger partial charge on any atom is 0.433 e. The number of nitrogens with zero attached hydrogens (tertiary/aromatic N) is 3. The summed E-state index contributed by atoms with van der Waals surface area (Å²) in [7, 11) is 0. The lowest BCUT2D eigenvalue weighted by molar-refractivity contribution is -0.402. The van der Waals surface area contributed by atoms with Crippen LogP contribution in [0.2, 0.25) is 0 Å². The van der Waals surface area contributed by atoms with E-state index in [1.807, 2.05) is 28.8 Å². The molecule has 0 unspecified atom stereocenters. The molecule has 0 bridgehead atoms. The van der Waals surface area contributed by atoms with Crippen LogP contribution < -0.4 is 0 Å². The fraction of sp³-hybridized carbons (Fsp3) is 0. The van der Waals surface area contributed by atoms with Crippen molar-refractivity contribution in [3.63, 3.8) is 0 Å². The molecule has 0 spiro atoms. The number of halogens is 1. The molecule has 0 fully saturated rings. The molecule has 7 heteroatoms. The van der Waals surface area contributed by atoms with E-state index in [0.717, 1.165) is 5.65 Å². The molecule has 6 nitrogen and oxygen atoms in total. The first-order valence-corrected chi connectivity index (χ1v) is 6.07. The summed E-state index contributed by atoms with van der Waals surface area (Å²) in [4.78, 5) is 14.3. The summed E-state index contributed by atoms with van der Waals surface area (Å²) in [6.07, 6.45) is 5.12. The molecule has 3 heterocycles. The van der Waals surface area contributed by atoms with Crippen molar-refractivity contribution < 1.29 is 9.34 Å². The first kappa shape index (κ1) is 12.4. The number of pyridine rings is 1. The molecule has 3 aromatic rings. The molecule has 0 aromatic carbocycles. The lowest BCUT2D eigenvalue weighted by atomic mass is 10.3. The third-order valence-corrected chi connectivity index (χ3v) is 2.97. The van der Waals surface area contributed by atoms with Gasteiger partial charge in [0.1, 0.15) is 22.0 Å². The number of nitro groups is 1. The van der Waals surface area contributed by atoms with E-state index in [1.54, 1.807) is 6.20 Å². The molecule has 0 aliphatic rings. The van der Waals surface area contributed by atoms with Crippen molar-refractivity contribution in [2.45, 2.75) is 0 Å². The van der Waals surface area contributed by atoms with Gasteiger partial charge < -0.3 is 8.82 Å². The van der Waals surface area contributed by atoms with Crippen molar-refractivity contribution in [1.29, 1.82) is 0 Å². The maximum absolute atomic E-state index is 10.5. The van der Waals surface area contributed by atoms with Gasteiger partial charge in [0, 0.05) is 18.5 Å². The second-order valence-corrected chi connectivity index (χ2v) is 4.42. The summed E-state index contributed by atoms with van der Waals surface area (Å²) < 4.78 is 6.85. The molecule has 20 heavy (non-hydrogen) atoms. The van der Waals surface area contributed by atoms with Crippen LogP contribution in [0.25, 0.3) is 16.8 Å². The first-order valence-electron chi connectivity index (χ1n) is 5.69. The molecule has 0 aliphatic carbocycles. The highest BCUT2D eigenvalue weighted by Gasteiger charge is 2.12. The normalized spacial score (nSPS) is 11.9. The Morgan fingerprint density at radius 3 is 2.95 bits per heavy atom. The number of hydrogen-bond acceptors (Lipinski definition) is 4.